The first-order chi connectivity index (χ1) is 6.76. The maximum absolute atomic E-state index is 10.8. The first-order valence-corrected chi connectivity index (χ1v) is 6.23. The molecule has 0 atom stereocenters. The quantitative estimate of drug-likeness (QED) is 0.596. The summed E-state index contributed by atoms with van der Waals surface area (Å²) in [5.41, 5.74) is 2.02. The van der Waals surface area contributed by atoms with Crippen molar-refractivity contribution in [3.05, 3.63) is 34.2 Å². The molecule has 1 aromatic carbocycles. The highest BCUT2D eigenvalue weighted by Gasteiger charge is 2.07. The minimum Gasteiger partial charge on any atom is -0.298 e. The lowest BCUT2D eigenvalue weighted by molar-refractivity contribution is 0.112. The predicted octanol–water partition coefficient (Wildman–Crippen LogP) is 3.92. The number of hydrogen-bond acceptors (Lipinski definition) is 2. The van der Waals surface area contributed by atoms with E-state index in [0.29, 0.717) is 0 Å². The van der Waals surface area contributed by atoms with Gasteiger partial charge in [0.2, 0.25) is 0 Å². The van der Waals surface area contributed by atoms with Crippen LogP contribution in [0.3, 0.4) is 0 Å². The van der Waals surface area contributed by atoms with Gasteiger partial charge in [0.25, 0.3) is 0 Å². The second kappa shape index (κ2) is 3.83. The van der Waals surface area contributed by atoms with Crippen LogP contribution >= 0.6 is 27.3 Å². The Morgan fingerprint density at radius 1 is 1.50 bits per heavy atom. The number of alkyl halides is 1. The van der Waals surface area contributed by atoms with Crippen LogP contribution in [0.15, 0.2) is 18.2 Å². The van der Waals surface area contributed by atoms with Gasteiger partial charge in [-0.3, -0.25) is 4.79 Å². The number of carbonyl (C=O) groups is 1. The van der Waals surface area contributed by atoms with E-state index in [4.69, 9.17) is 0 Å². The lowest BCUT2D eigenvalue weighted by Gasteiger charge is -1.97. The zero-order chi connectivity index (χ0) is 10.1. The first-order valence-electron chi connectivity index (χ1n) is 4.29. The van der Waals surface area contributed by atoms with Crippen molar-refractivity contribution in [2.75, 3.05) is 0 Å². The van der Waals surface area contributed by atoms with Crippen molar-refractivity contribution in [1.29, 1.82) is 0 Å². The Hall–Kier alpha value is -0.670. The maximum Gasteiger partial charge on any atom is 0.151 e. The van der Waals surface area contributed by atoms with Crippen LogP contribution in [0.25, 0.3) is 10.1 Å². The molecule has 0 bridgehead atoms. The number of rotatable bonds is 2. The Morgan fingerprint density at radius 3 is 2.93 bits per heavy atom. The largest absolute Gasteiger partial charge is 0.298 e. The van der Waals surface area contributed by atoms with Gasteiger partial charge in [0.1, 0.15) is 0 Å². The molecular formula is C11H9BrOS. The molecule has 0 unspecified atom stereocenters. The molecule has 2 aromatic rings. The third-order valence-electron chi connectivity index (χ3n) is 2.24. The fourth-order valence-corrected chi connectivity index (χ4v) is 3.05. The lowest BCUT2D eigenvalue weighted by atomic mass is 10.1. The molecular weight excluding hydrogens is 260 g/mol. The summed E-state index contributed by atoms with van der Waals surface area (Å²) in [5.74, 6) is 0. The van der Waals surface area contributed by atoms with Gasteiger partial charge in [0.15, 0.2) is 6.29 Å². The van der Waals surface area contributed by atoms with Gasteiger partial charge in [-0.1, -0.05) is 22.0 Å². The number of halogens is 1. The summed E-state index contributed by atoms with van der Waals surface area (Å²) < 4.78 is 1.11. The van der Waals surface area contributed by atoms with Crippen molar-refractivity contribution in [2.45, 2.75) is 12.3 Å². The average molecular weight is 269 g/mol. The Balaban J connectivity index is 2.81. The minimum absolute atomic E-state index is 0.794. The molecule has 3 heteroatoms. The Bertz CT molecular complexity index is 487. The molecule has 1 aromatic heterocycles. The van der Waals surface area contributed by atoms with Crippen LogP contribution in [0.2, 0.25) is 0 Å². The summed E-state index contributed by atoms with van der Waals surface area (Å²) in [6.07, 6.45) is 0.927. The number of thiophene rings is 1. The summed E-state index contributed by atoms with van der Waals surface area (Å²) in [4.78, 5) is 12.1. The lowest BCUT2D eigenvalue weighted by Crippen LogP contribution is -1.80. The van der Waals surface area contributed by atoms with E-state index >= 15 is 0 Å². The number of hydrogen-bond donors (Lipinski definition) is 0. The number of fused-ring (bicyclic) bond motifs is 1. The number of carbonyl (C=O) groups excluding carboxylic acids is 1. The normalized spacial score (nSPS) is 10.7. The molecule has 0 amide bonds. The second-order valence-electron chi connectivity index (χ2n) is 3.18. The van der Waals surface area contributed by atoms with E-state index in [2.05, 4.69) is 28.9 Å². The van der Waals surface area contributed by atoms with Crippen LogP contribution in [0.4, 0.5) is 0 Å². The van der Waals surface area contributed by atoms with Crippen LogP contribution in [0.1, 0.15) is 20.8 Å². The van der Waals surface area contributed by atoms with Gasteiger partial charge in [-0.15, -0.1) is 11.3 Å². The zero-order valence-electron chi connectivity index (χ0n) is 7.71. The molecule has 0 fully saturated rings. The molecule has 0 aliphatic carbocycles. The summed E-state index contributed by atoms with van der Waals surface area (Å²) in [7, 11) is 0. The molecule has 0 saturated carbocycles. The monoisotopic (exact) mass is 268 g/mol. The number of aldehydes is 1. The summed E-state index contributed by atoms with van der Waals surface area (Å²) in [6.45, 7) is 2.07. The van der Waals surface area contributed by atoms with Crippen molar-refractivity contribution in [2.24, 2.45) is 0 Å². The molecule has 0 saturated heterocycles. The highest BCUT2D eigenvalue weighted by atomic mass is 79.9. The molecule has 0 spiro atoms. The molecule has 1 heterocycles. The van der Waals surface area contributed by atoms with Crippen LogP contribution in [0, 0.1) is 6.92 Å². The van der Waals surface area contributed by atoms with E-state index in [-0.39, 0.29) is 0 Å². The van der Waals surface area contributed by atoms with Crippen molar-refractivity contribution < 1.29 is 4.79 Å². The Kier molecular flexibility index (Phi) is 2.70. The Labute approximate surface area is 94.9 Å². The first kappa shape index (κ1) is 9.87. The van der Waals surface area contributed by atoms with Gasteiger partial charge in [0, 0.05) is 20.5 Å². The zero-order valence-corrected chi connectivity index (χ0v) is 10.1. The van der Waals surface area contributed by atoms with Gasteiger partial charge in [-0.2, -0.15) is 0 Å². The molecule has 0 radical (unpaired) electrons. The van der Waals surface area contributed by atoms with Crippen LogP contribution in [-0.2, 0) is 5.33 Å². The van der Waals surface area contributed by atoms with Gasteiger partial charge < -0.3 is 0 Å². The second-order valence-corrected chi connectivity index (χ2v) is 4.88. The van der Waals surface area contributed by atoms with E-state index in [1.807, 2.05) is 12.1 Å². The molecule has 1 nitrogen and oxygen atoms in total. The van der Waals surface area contributed by atoms with Crippen molar-refractivity contribution in [3.63, 3.8) is 0 Å². The SMILES string of the molecule is Cc1ccc(C=O)c2sc(CBr)cc12. The van der Waals surface area contributed by atoms with E-state index < -0.39 is 0 Å². The van der Waals surface area contributed by atoms with Gasteiger partial charge >= 0.3 is 0 Å². The van der Waals surface area contributed by atoms with E-state index in [1.54, 1.807) is 11.3 Å². The maximum atomic E-state index is 10.8. The van der Waals surface area contributed by atoms with Gasteiger partial charge in [-0.25, -0.2) is 0 Å². The van der Waals surface area contributed by atoms with Gasteiger partial charge in [0.05, 0.1) is 0 Å². The fourth-order valence-electron chi connectivity index (χ4n) is 1.49. The Morgan fingerprint density at radius 2 is 2.29 bits per heavy atom. The average Bonchev–Trinajstić information content (AvgIpc) is 2.63. The topological polar surface area (TPSA) is 17.1 Å². The molecule has 72 valence electrons. The van der Waals surface area contributed by atoms with Crippen molar-refractivity contribution >= 4 is 43.6 Å². The number of aryl methyl sites for hydroxylation is 1. The summed E-state index contributed by atoms with van der Waals surface area (Å²) in [6, 6.07) is 6.03. The standard InChI is InChI=1S/C11H9BrOS/c1-7-2-3-8(6-13)11-10(7)4-9(5-12)14-11/h2-4,6H,5H2,1H3. The highest BCUT2D eigenvalue weighted by molar-refractivity contribution is 9.08. The summed E-state index contributed by atoms with van der Waals surface area (Å²) in [5, 5.41) is 2.05. The van der Waals surface area contributed by atoms with E-state index in [9.17, 15) is 4.79 Å². The molecule has 14 heavy (non-hydrogen) atoms. The smallest absolute Gasteiger partial charge is 0.151 e. The third-order valence-corrected chi connectivity index (χ3v) is 4.40. The molecule has 2 rings (SSSR count). The molecule has 0 aliphatic rings. The molecule has 0 aliphatic heterocycles. The van der Waals surface area contributed by atoms with Crippen molar-refractivity contribution in [3.8, 4) is 0 Å². The fraction of sp³-hybridized carbons (Fsp3) is 0.182. The van der Waals surface area contributed by atoms with Gasteiger partial charge in [-0.05, 0) is 30.0 Å². The third kappa shape index (κ3) is 1.51. The molecule has 0 N–H and O–H groups in total. The van der Waals surface area contributed by atoms with Crippen LogP contribution in [0.5, 0.6) is 0 Å². The highest BCUT2D eigenvalue weighted by Crippen LogP contribution is 2.31. The summed E-state index contributed by atoms with van der Waals surface area (Å²) >= 11 is 5.11. The van der Waals surface area contributed by atoms with E-state index in [1.165, 1.54) is 15.8 Å². The number of benzene rings is 1. The van der Waals surface area contributed by atoms with E-state index in [0.717, 1.165) is 21.9 Å². The predicted molar refractivity (Wildman–Crippen MR) is 64.6 cm³/mol. The minimum atomic E-state index is 0.794. The van der Waals surface area contributed by atoms with Crippen LogP contribution < -0.4 is 0 Å². The van der Waals surface area contributed by atoms with Crippen LogP contribution in [-0.4, -0.2) is 6.29 Å². The van der Waals surface area contributed by atoms with Crippen molar-refractivity contribution in [1.82, 2.24) is 0 Å².